The van der Waals surface area contributed by atoms with E-state index in [1.165, 1.54) is 22.1 Å². The molecule has 6 heteroatoms. The first kappa shape index (κ1) is 11.7. The molecule has 0 saturated heterocycles. The summed E-state index contributed by atoms with van der Waals surface area (Å²) in [5.74, 6) is -0.819. The lowest BCUT2D eigenvalue weighted by Crippen LogP contribution is -1.99. The van der Waals surface area contributed by atoms with Crippen LogP contribution in [0.5, 0.6) is 5.75 Å². The molecule has 0 saturated carbocycles. The second kappa shape index (κ2) is 4.10. The fourth-order valence-electron chi connectivity index (χ4n) is 1.98. The highest BCUT2D eigenvalue weighted by Gasteiger charge is 2.15. The Morgan fingerprint density at radius 2 is 2.16 bits per heavy atom. The summed E-state index contributed by atoms with van der Waals surface area (Å²) in [6, 6.07) is 8.77. The molecule has 0 aliphatic carbocycles. The number of aromatic nitrogens is 2. The minimum Gasteiger partial charge on any atom is -0.506 e. The quantitative estimate of drug-likeness (QED) is 0.753. The van der Waals surface area contributed by atoms with Crippen LogP contribution in [0.1, 0.15) is 10.5 Å². The SMILES string of the molecule is Cn1nc(C(=O)O)cc1-c1cc2cccc(O)c2s1. The van der Waals surface area contributed by atoms with Gasteiger partial charge in [0.15, 0.2) is 5.69 Å². The van der Waals surface area contributed by atoms with E-state index in [2.05, 4.69) is 5.10 Å². The number of nitrogens with zero attached hydrogens (tertiary/aromatic N) is 2. The maximum Gasteiger partial charge on any atom is 0.356 e. The number of fused-ring (bicyclic) bond motifs is 1. The molecule has 0 unspecified atom stereocenters. The summed E-state index contributed by atoms with van der Waals surface area (Å²) in [4.78, 5) is 11.8. The fraction of sp³-hybridized carbons (Fsp3) is 0.0769. The van der Waals surface area contributed by atoms with Crippen molar-refractivity contribution in [2.75, 3.05) is 0 Å². The number of thiophene rings is 1. The van der Waals surface area contributed by atoms with Crippen LogP contribution in [0, 0.1) is 0 Å². The van der Waals surface area contributed by atoms with Gasteiger partial charge in [0, 0.05) is 7.05 Å². The molecule has 96 valence electrons. The van der Waals surface area contributed by atoms with Crippen LogP contribution in [0.4, 0.5) is 0 Å². The molecule has 0 aliphatic heterocycles. The Hall–Kier alpha value is -2.34. The summed E-state index contributed by atoms with van der Waals surface area (Å²) in [5, 5.41) is 23.6. The summed E-state index contributed by atoms with van der Waals surface area (Å²) < 4.78 is 2.32. The molecule has 19 heavy (non-hydrogen) atoms. The third-order valence-electron chi connectivity index (χ3n) is 2.87. The van der Waals surface area contributed by atoms with E-state index >= 15 is 0 Å². The van der Waals surface area contributed by atoms with Gasteiger partial charge in [-0.3, -0.25) is 4.68 Å². The summed E-state index contributed by atoms with van der Waals surface area (Å²) in [6.45, 7) is 0. The maximum absolute atomic E-state index is 10.9. The second-order valence-corrected chi connectivity index (χ2v) is 5.20. The number of aryl methyl sites for hydroxylation is 1. The average molecular weight is 274 g/mol. The predicted molar refractivity (Wildman–Crippen MR) is 72.7 cm³/mol. The van der Waals surface area contributed by atoms with Crippen molar-refractivity contribution in [3.63, 3.8) is 0 Å². The highest BCUT2D eigenvalue weighted by Crippen LogP contribution is 2.37. The van der Waals surface area contributed by atoms with Crippen molar-refractivity contribution in [1.29, 1.82) is 0 Å². The van der Waals surface area contributed by atoms with E-state index in [9.17, 15) is 9.90 Å². The molecule has 0 amide bonds. The number of aromatic carboxylic acids is 1. The lowest BCUT2D eigenvalue weighted by molar-refractivity contribution is 0.0689. The van der Waals surface area contributed by atoms with Crippen LogP contribution < -0.4 is 0 Å². The number of rotatable bonds is 2. The summed E-state index contributed by atoms with van der Waals surface area (Å²) in [7, 11) is 1.70. The summed E-state index contributed by atoms with van der Waals surface area (Å²) in [6.07, 6.45) is 0. The fourth-order valence-corrected chi connectivity index (χ4v) is 3.10. The highest BCUT2D eigenvalue weighted by atomic mass is 32.1. The number of carboxylic acids is 1. The van der Waals surface area contributed by atoms with E-state index in [-0.39, 0.29) is 11.4 Å². The Balaban J connectivity index is 2.19. The van der Waals surface area contributed by atoms with Crippen LogP contribution >= 0.6 is 11.3 Å². The molecule has 0 aliphatic rings. The number of aromatic hydroxyl groups is 1. The van der Waals surface area contributed by atoms with E-state index in [4.69, 9.17) is 5.11 Å². The standard InChI is InChI=1S/C13H10N2O3S/c1-15-9(6-8(14-15)13(17)18)11-5-7-3-2-4-10(16)12(7)19-11/h2-6,16H,1H3,(H,17,18). The lowest BCUT2D eigenvalue weighted by atomic mass is 10.2. The number of hydrogen-bond donors (Lipinski definition) is 2. The number of hydrogen-bond acceptors (Lipinski definition) is 4. The Morgan fingerprint density at radius 1 is 1.37 bits per heavy atom. The van der Waals surface area contributed by atoms with E-state index in [0.29, 0.717) is 0 Å². The predicted octanol–water partition coefficient (Wildman–Crippen LogP) is 2.71. The van der Waals surface area contributed by atoms with Gasteiger partial charge in [-0.15, -0.1) is 11.3 Å². The monoisotopic (exact) mass is 274 g/mol. The summed E-state index contributed by atoms with van der Waals surface area (Å²) >= 11 is 1.41. The second-order valence-electron chi connectivity index (χ2n) is 4.15. The number of benzene rings is 1. The molecule has 0 radical (unpaired) electrons. The number of phenolic OH excluding ortho intramolecular Hbond substituents is 1. The topological polar surface area (TPSA) is 75.4 Å². The zero-order valence-corrected chi connectivity index (χ0v) is 10.8. The Bertz CT molecular complexity index is 788. The summed E-state index contributed by atoms with van der Waals surface area (Å²) in [5.41, 5.74) is 0.733. The van der Waals surface area contributed by atoms with Gasteiger partial charge in [-0.25, -0.2) is 4.79 Å². The third-order valence-corrected chi connectivity index (χ3v) is 4.07. The molecule has 2 aromatic heterocycles. The minimum absolute atomic E-state index is 0.0131. The van der Waals surface area contributed by atoms with Crippen molar-refractivity contribution in [2.45, 2.75) is 0 Å². The number of phenols is 1. The average Bonchev–Trinajstić information content (AvgIpc) is 2.93. The van der Waals surface area contributed by atoms with Crippen LogP contribution in [0.25, 0.3) is 20.7 Å². The van der Waals surface area contributed by atoms with Gasteiger partial charge in [-0.05, 0) is 23.6 Å². The Labute approximate surface area is 112 Å². The van der Waals surface area contributed by atoms with Gasteiger partial charge >= 0.3 is 5.97 Å². The number of carbonyl (C=O) groups is 1. The molecule has 3 rings (SSSR count). The van der Waals surface area contributed by atoms with Crippen molar-refractivity contribution in [3.8, 4) is 16.3 Å². The normalized spacial score (nSPS) is 11.0. The van der Waals surface area contributed by atoms with Gasteiger partial charge in [0.2, 0.25) is 0 Å². The van der Waals surface area contributed by atoms with E-state index in [0.717, 1.165) is 20.7 Å². The van der Waals surface area contributed by atoms with Gasteiger partial charge in [0.25, 0.3) is 0 Å². The largest absolute Gasteiger partial charge is 0.506 e. The smallest absolute Gasteiger partial charge is 0.356 e. The number of carboxylic acid groups (broad SMARTS) is 1. The molecule has 0 spiro atoms. The third kappa shape index (κ3) is 1.86. The molecule has 1 aromatic carbocycles. The zero-order valence-electron chi connectivity index (χ0n) is 9.99. The van der Waals surface area contributed by atoms with Crippen LogP contribution in [-0.2, 0) is 7.05 Å². The van der Waals surface area contributed by atoms with Gasteiger partial charge in [-0.1, -0.05) is 12.1 Å². The van der Waals surface area contributed by atoms with E-state index in [1.807, 2.05) is 12.1 Å². The van der Waals surface area contributed by atoms with Gasteiger partial charge in [0.05, 0.1) is 15.3 Å². The van der Waals surface area contributed by atoms with Crippen LogP contribution in [0.2, 0.25) is 0 Å². The Morgan fingerprint density at radius 3 is 2.79 bits per heavy atom. The first-order valence-electron chi connectivity index (χ1n) is 5.55. The van der Waals surface area contributed by atoms with Gasteiger partial charge in [-0.2, -0.15) is 5.10 Å². The molecular weight excluding hydrogens is 264 g/mol. The first-order chi connectivity index (χ1) is 9.06. The minimum atomic E-state index is -1.05. The molecular formula is C13H10N2O3S. The lowest BCUT2D eigenvalue weighted by Gasteiger charge is -1.95. The van der Waals surface area contributed by atoms with Crippen molar-refractivity contribution in [2.24, 2.45) is 7.05 Å². The first-order valence-corrected chi connectivity index (χ1v) is 6.37. The van der Waals surface area contributed by atoms with Crippen molar-refractivity contribution in [3.05, 3.63) is 36.0 Å². The van der Waals surface area contributed by atoms with Crippen LogP contribution in [0.3, 0.4) is 0 Å². The van der Waals surface area contributed by atoms with E-state index in [1.54, 1.807) is 19.2 Å². The van der Waals surface area contributed by atoms with Crippen molar-refractivity contribution >= 4 is 27.4 Å². The molecule has 0 fully saturated rings. The van der Waals surface area contributed by atoms with Crippen LogP contribution in [-0.4, -0.2) is 26.0 Å². The molecule has 0 atom stereocenters. The van der Waals surface area contributed by atoms with E-state index < -0.39 is 5.97 Å². The molecule has 2 N–H and O–H groups in total. The van der Waals surface area contributed by atoms with Crippen molar-refractivity contribution < 1.29 is 15.0 Å². The Kier molecular flexibility index (Phi) is 2.53. The molecule has 5 nitrogen and oxygen atoms in total. The van der Waals surface area contributed by atoms with Crippen LogP contribution in [0.15, 0.2) is 30.3 Å². The highest BCUT2D eigenvalue weighted by molar-refractivity contribution is 7.22. The molecule has 0 bridgehead atoms. The van der Waals surface area contributed by atoms with Crippen molar-refractivity contribution in [1.82, 2.24) is 9.78 Å². The molecule has 3 aromatic rings. The zero-order chi connectivity index (χ0) is 13.6. The molecule has 2 heterocycles. The van der Waals surface area contributed by atoms with Gasteiger partial charge in [0.1, 0.15) is 5.75 Å². The van der Waals surface area contributed by atoms with Gasteiger partial charge < -0.3 is 10.2 Å². The maximum atomic E-state index is 10.9.